The molecule has 1 saturated heterocycles. The van der Waals surface area contributed by atoms with E-state index in [4.69, 9.17) is 4.52 Å². The molecule has 164 valence electrons. The number of hydrogen-bond donors (Lipinski definition) is 1. The van der Waals surface area contributed by atoms with Crippen molar-refractivity contribution >= 4 is 29.2 Å². The van der Waals surface area contributed by atoms with Gasteiger partial charge in [-0.1, -0.05) is 30.1 Å². The molecule has 0 aliphatic carbocycles. The second kappa shape index (κ2) is 8.71. The SMILES string of the molecule is CCCSN1CC(c2nc(-c3ccc(F)c(NC(=O)c4cnc5ccccn45)c3)no2)C1. The van der Waals surface area contributed by atoms with E-state index in [1.165, 1.54) is 18.3 Å². The van der Waals surface area contributed by atoms with Crippen LogP contribution in [-0.4, -0.2) is 48.6 Å². The highest BCUT2D eigenvalue weighted by atomic mass is 32.2. The number of anilines is 1. The van der Waals surface area contributed by atoms with Gasteiger partial charge in [0.05, 0.1) is 17.8 Å². The summed E-state index contributed by atoms with van der Waals surface area (Å²) >= 11 is 1.83. The first kappa shape index (κ1) is 20.7. The zero-order chi connectivity index (χ0) is 22.1. The predicted molar refractivity (Wildman–Crippen MR) is 120 cm³/mol. The maximum atomic E-state index is 14.4. The van der Waals surface area contributed by atoms with Gasteiger partial charge >= 0.3 is 0 Å². The Balaban J connectivity index is 1.31. The fourth-order valence-corrected chi connectivity index (χ4v) is 4.50. The van der Waals surface area contributed by atoms with Gasteiger partial charge in [-0.05, 0) is 36.8 Å². The summed E-state index contributed by atoms with van der Waals surface area (Å²) in [6.45, 7) is 3.90. The van der Waals surface area contributed by atoms with Gasteiger partial charge < -0.3 is 9.84 Å². The van der Waals surface area contributed by atoms with Gasteiger partial charge in [0.15, 0.2) is 0 Å². The summed E-state index contributed by atoms with van der Waals surface area (Å²) in [7, 11) is 0. The molecule has 0 saturated carbocycles. The lowest BCUT2D eigenvalue weighted by molar-refractivity contribution is 0.102. The average Bonchev–Trinajstić information content (AvgIpc) is 3.42. The van der Waals surface area contributed by atoms with Crippen LogP contribution in [0.5, 0.6) is 0 Å². The van der Waals surface area contributed by atoms with E-state index in [0.717, 1.165) is 25.3 Å². The molecule has 4 heterocycles. The molecule has 32 heavy (non-hydrogen) atoms. The van der Waals surface area contributed by atoms with Crippen LogP contribution in [0.1, 0.15) is 35.6 Å². The van der Waals surface area contributed by atoms with Crippen molar-refractivity contribution in [3.63, 3.8) is 0 Å². The molecule has 1 aliphatic heterocycles. The number of hydrogen-bond acceptors (Lipinski definition) is 7. The Kier molecular flexibility index (Phi) is 5.62. The minimum Gasteiger partial charge on any atom is -0.339 e. The van der Waals surface area contributed by atoms with E-state index in [2.05, 4.69) is 31.7 Å². The molecule has 10 heteroatoms. The van der Waals surface area contributed by atoms with Crippen molar-refractivity contribution in [3.8, 4) is 11.4 Å². The summed E-state index contributed by atoms with van der Waals surface area (Å²) in [6, 6.07) is 9.77. The van der Waals surface area contributed by atoms with Crippen LogP contribution in [0.2, 0.25) is 0 Å². The minimum atomic E-state index is -0.553. The van der Waals surface area contributed by atoms with Crippen molar-refractivity contribution in [3.05, 3.63) is 66.2 Å². The molecule has 0 bridgehead atoms. The quantitative estimate of drug-likeness (QED) is 0.420. The second-order valence-electron chi connectivity index (χ2n) is 7.55. The van der Waals surface area contributed by atoms with Crippen molar-refractivity contribution in [2.45, 2.75) is 19.3 Å². The fraction of sp³-hybridized carbons (Fsp3) is 0.273. The van der Waals surface area contributed by atoms with Crippen LogP contribution in [0.25, 0.3) is 17.0 Å². The van der Waals surface area contributed by atoms with E-state index >= 15 is 0 Å². The van der Waals surface area contributed by atoms with Crippen LogP contribution >= 0.6 is 11.9 Å². The number of benzene rings is 1. The van der Waals surface area contributed by atoms with E-state index < -0.39 is 11.7 Å². The van der Waals surface area contributed by atoms with Crippen LogP contribution in [0, 0.1) is 5.82 Å². The Bertz CT molecular complexity index is 1270. The highest BCUT2D eigenvalue weighted by Crippen LogP contribution is 2.32. The van der Waals surface area contributed by atoms with Gasteiger partial charge in [0.25, 0.3) is 5.91 Å². The monoisotopic (exact) mass is 452 g/mol. The molecule has 5 rings (SSSR count). The van der Waals surface area contributed by atoms with Crippen LogP contribution in [0.15, 0.2) is 53.3 Å². The molecular formula is C22H21FN6O2S. The Morgan fingerprint density at radius 3 is 3.03 bits per heavy atom. The van der Waals surface area contributed by atoms with E-state index in [0.29, 0.717) is 28.6 Å². The van der Waals surface area contributed by atoms with E-state index in [1.54, 1.807) is 28.8 Å². The largest absolute Gasteiger partial charge is 0.339 e. The smallest absolute Gasteiger partial charge is 0.274 e. The van der Waals surface area contributed by atoms with Crippen LogP contribution in [0.3, 0.4) is 0 Å². The van der Waals surface area contributed by atoms with Crippen LogP contribution < -0.4 is 5.32 Å². The maximum absolute atomic E-state index is 14.4. The number of halogens is 1. The number of fused-ring (bicyclic) bond motifs is 1. The number of pyridine rings is 1. The van der Waals surface area contributed by atoms with Crippen molar-refractivity contribution in [2.24, 2.45) is 0 Å². The Morgan fingerprint density at radius 1 is 1.31 bits per heavy atom. The standard InChI is InChI=1S/C22H21FN6O2S/c1-2-9-32-28-12-15(13-28)22-26-20(27-31-22)14-6-7-16(23)17(10-14)25-21(30)18-11-24-19-5-3-4-8-29(18)19/h3-8,10-11,15H,2,9,12-13H2,1H3,(H,25,30). The lowest BCUT2D eigenvalue weighted by Crippen LogP contribution is -2.40. The molecular weight excluding hydrogens is 431 g/mol. The first-order valence-electron chi connectivity index (χ1n) is 10.4. The molecule has 0 unspecified atom stereocenters. The lowest BCUT2D eigenvalue weighted by Gasteiger charge is -2.35. The predicted octanol–water partition coefficient (Wildman–Crippen LogP) is 4.23. The summed E-state index contributed by atoms with van der Waals surface area (Å²) in [4.78, 5) is 21.4. The van der Waals surface area contributed by atoms with Gasteiger partial charge in [0.2, 0.25) is 11.7 Å². The van der Waals surface area contributed by atoms with Crippen molar-refractivity contribution < 1.29 is 13.7 Å². The van der Waals surface area contributed by atoms with Gasteiger partial charge in [0.1, 0.15) is 17.2 Å². The molecule has 8 nitrogen and oxygen atoms in total. The topological polar surface area (TPSA) is 88.6 Å². The Hall–Kier alpha value is -3.24. The maximum Gasteiger partial charge on any atom is 0.274 e. The number of imidazole rings is 1. The van der Waals surface area contributed by atoms with Crippen molar-refractivity contribution in [1.29, 1.82) is 0 Å². The lowest BCUT2D eigenvalue weighted by atomic mass is 10.0. The van der Waals surface area contributed by atoms with Crippen molar-refractivity contribution in [2.75, 3.05) is 24.2 Å². The van der Waals surface area contributed by atoms with Gasteiger partial charge in [-0.3, -0.25) is 9.20 Å². The van der Waals surface area contributed by atoms with Gasteiger partial charge in [-0.2, -0.15) is 4.98 Å². The van der Waals surface area contributed by atoms with Gasteiger partial charge in [0, 0.05) is 30.6 Å². The molecule has 1 aromatic carbocycles. The summed E-state index contributed by atoms with van der Waals surface area (Å²) in [5, 5.41) is 6.68. The van der Waals surface area contributed by atoms with Gasteiger partial charge in [-0.25, -0.2) is 13.7 Å². The molecule has 1 amide bonds. The Morgan fingerprint density at radius 2 is 2.19 bits per heavy atom. The number of nitrogens with zero attached hydrogens (tertiary/aromatic N) is 5. The number of aromatic nitrogens is 4. The fourth-order valence-electron chi connectivity index (χ4n) is 3.49. The number of nitrogens with one attached hydrogen (secondary N) is 1. The molecule has 1 fully saturated rings. The summed E-state index contributed by atoms with van der Waals surface area (Å²) in [5.41, 5.74) is 1.54. The normalized spacial score (nSPS) is 14.6. The minimum absolute atomic E-state index is 0.0375. The summed E-state index contributed by atoms with van der Waals surface area (Å²) < 4.78 is 23.8. The first-order valence-corrected chi connectivity index (χ1v) is 11.3. The molecule has 3 aromatic heterocycles. The number of rotatable bonds is 7. The average molecular weight is 453 g/mol. The third kappa shape index (κ3) is 3.98. The zero-order valence-corrected chi connectivity index (χ0v) is 18.2. The third-order valence-electron chi connectivity index (χ3n) is 5.24. The van der Waals surface area contributed by atoms with Crippen molar-refractivity contribution in [1.82, 2.24) is 23.8 Å². The van der Waals surface area contributed by atoms with E-state index in [9.17, 15) is 9.18 Å². The second-order valence-corrected chi connectivity index (χ2v) is 8.74. The van der Waals surface area contributed by atoms with Crippen LogP contribution in [0.4, 0.5) is 10.1 Å². The third-order valence-corrected chi connectivity index (χ3v) is 6.49. The summed E-state index contributed by atoms with van der Waals surface area (Å²) in [6.07, 6.45) is 4.32. The Labute approximate surface area is 188 Å². The number of amides is 1. The molecule has 1 N–H and O–H groups in total. The summed E-state index contributed by atoms with van der Waals surface area (Å²) in [5.74, 6) is 1.23. The first-order chi connectivity index (χ1) is 15.6. The molecule has 0 spiro atoms. The highest BCUT2D eigenvalue weighted by molar-refractivity contribution is 7.97. The zero-order valence-electron chi connectivity index (χ0n) is 17.4. The highest BCUT2D eigenvalue weighted by Gasteiger charge is 2.33. The van der Waals surface area contributed by atoms with E-state index in [-0.39, 0.29) is 11.6 Å². The molecule has 0 radical (unpaired) electrons. The molecule has 0 atom stereocenters. The van der Waals surface area contributed by atoms with Crippen LogP contribution in [-0.2, 0) is 0 Å². The number of carbonyl (C=O) groups is 1. The van der Waals surface area contributed by atoms with E-state index in [1.807, 2.05) is 18.0 Å². The molecule has 4 aromatic rings. The van der Waals surface area contributed by atoms with Gasteiger partial charge in [-0.15, -0.1) is 0 Å². The number of carbonyl (C=O) groups excluding carboxylic acids is 1. The molecule has 1 aliphatic rings.